The van der Waals surface area contributed by atoms with Crippen LogP contribution in [-0.2, 0) is 10.8 Å². The maximum atomic E-state index is 13.0. The zero-order valence-electron chi connectivity index (χ0n) is 15.2. The zero-order valence-corrected chi connectivity index (χ0v) is 15.2. The monoisotopic (exact) mass is 360 g/mol. The van der Waals surface area contributed by atoms with E-state index in [1.165, 1.54) is 17.2 Å². The number of carbonyl (C=O) groups excluding carboxylic acids is 1. The van der Waals surface area contributed by atoms with Crippen molar-refractivity contribution in [1.29, 1.82) is 0 Å². The third kappa shape index (κ3) is 3.66. The average Bonchev–Trinajstić information content (AvgIpc) is 2.58. The molecule has 4 heteroatoms. The summed E-state index contributed by atoms with van der Waals surface area (Å²) in [5.41, 5.74) is 3.42. The molecule has 0 saturated carbocycles. The van der Waals surface area contributed by atoms with Crippen LogP contribution in [0.1, 0.15) is 77.9 Å². The van der Waals surface area contributed by atoms with Crippen LogP contribution in [0.3, 0.4) is 0 Å². The van der Waals surface area contributed by atoms with Gasteiger partial charge in [-0.2, -0.15) is 0 Å². The number of benzene rings is 2. The van der Waals surface area contributed by atoms with Crippen LogP contribution in [-0.4, -0.2) is 46.4 Å². The number of hydrogen-bond donors (Lipinski definition) is 1. The molecule has 0 bridgehead atoms. The minimum absolute atomic E-state index is 0. The van der Waals surface area contributed by atoms with Crippen LogP contribution in [0.5, 0.6) is 0 Å². The fraction of sp³-hybridized carbons (Fsp3) is 0.364. The maximum absolute atomic E-state index is 13.0. The Morgan fingerprint density at radius 2 is 1.38 bits per heavy atom. The van der Waals surface area contributed by atoms with Gasteiger partial charge in [0.25, 0.3) is 0 Å². The van der Waals surface area contributed by atoms with Gasteiger partial charge in [0, 0.05) is 11.1 Å². The Morgan fingerprint density at radius 3 is 1.96 bits per heavy atom. The van der Waals surface area contributed by atoms with E-state index in [2.05, 4.69) is 27.7 Å². The second-order valence-corrected chi connectivity index (χ2v) is 8.21. The Hall–Kier alpha value is -1.42. The van der Waals surface area contributed by atoms with Crippen LogP contribution in [0.15, 0.2) is 42.5 Å². The summed E-state index contributed by atoms with van der Waals surface area (Å²) in [6.07, 6.45) is 2.18. The third-order valence-corrected chi connectivity index (χ3v) is 5.52. The van der Waals surface area contributed by atoms with E-state index >= 15 is 0 Å². The van der Waals surface area contributed by atoms with E-state index in [1.54, 1.807) is 18.2 Å². The van der Waals surface area contributed by atoms with Gasteiger partial charge in [0.1, 0.15) is 0 Å². The molecular formula is C22H25NaO3. The van der Waals surface area contributed by atoms with Crippen molar-refractivity contribution in [1.82, 2.24) is 0 Å². The van der Waals surface area contributed by atoms with Crippen molar-refractivity contribution in [2.24, 2.45) is 0 Å². The standard InChI is InChI=1S/C22H24O3.Na.H/c1-21(2)11-12-22(3,4)18-13-14(9-10-17(18)21)19(23)15-7-5-6-8-16(15)20(24)25;;/h5-10,13H,11-12H2,1-4H3,(H,24,25);;. The molecule has 2 aromatic rings. The second-order valence-electron chi connectivity index (χ2n) is 8.21. The van der Waals surface area contributed by atoms with Gasteiger partial charge in [-0.25, -0.2) is 4.79 Å². The van der Waals surface area contributed by atoms with Crippen LogP contribution in [0.4, 0.5) is 0 Å². The van der Waals surface area contributed by atoms with Gasteiger partial charge in [-0.15, -0.1) is 0 Å². The Morgan fingerprint density at radius 1 is 0.846 bits per heavy atom. The average molecular weight is 360 g/mol. The quantitative estimate of drug-likeness (QED) is 0.655. The molecule has 0 spiro atoms. The molecule has 0 radical (unpaired) electrons. The predicted octanol–water partition coefficient (Wildman–Crippen LogP) is 4.32. The van der Waals surface area contributed by atoms with Gasteiger partial charge in [-0.3, -0.25) is 4.79 Å². The number of rotatable bonds is 3. The summed E-state index contributed by atoms with van der Waals surface area (Å²) in [5.74, 6) is -1.32. The fourth-order valence-corrected chi connectivity index (χ4v) is 3.75. The molecule has 0 unspecified atom stereocenters. The van der Waals surface area contributed by atoms with Gasteiger partial charge >= 0.3 is 35.5 Å². The van der Waals surface area contributed by atoms with Crippen molar-refractivity contribution in [3.05, 3.63) is 70.3 Å². The van der Waals surface area contributed by atoms with Crippen molar-refractivity contribution >= 4 is 41.3 Å². The molecule has 26 heavy (non-hydrogen) atoms. The van der Waals surface area contributed by atoms with Crippen molar-refractivity contribution in [2.45, 2.75) is 51.4 Å². The summed E-state index contributed by atoms with van der Waals surface area (Å²) in [6.45, 7) is 8.89. The second kappa shape index (κ2) is 7.30. The summed E-state index contributed by atoms with van der Waals surface area (Å²) >= 11 is 0. The van der Waals surface area contributed by atoms with Crippen LogP contribution in [0.2, 0.25) is 0 Å². The van der Waals surface area contributed by atoms with Crippen LogP contribution in [0, 0.1) is 0 Å². The molecule has 132 valence electrons. The first-order valence-electron chi connectivity index (χ1n) is 8.65. The Balaban J connectivity index is 0.00000243. The number of carboxylic acid groups (broad SMARTS) is 1. The molecule has 2 aromatic carbocycles. The van der Waals surface area contributed by atoms with Crippen molar-refractivity contribution in [3.8, 4) is 0 Å². The van der Waals surface area contributed by atoms with Gasteiger partial charge in [0.05, 0.1) is 5.56 Å². The Kier molecular flexibility index (Phi) is 5.86. The molecule has 3 nitrogen and oxygen atoms in total. The summed E-state index contributed by atoms with van der Waals surface area (Å²) in [5, 5.41) is 9.35. The van der Waals surface area contributed by atoms with Crippen LogP contribution in [0.25, 0.3) is 0 Å². The Labute approximate surface area is 177 Å². The Bertz CT molecular complexity index is 865. The van der Waals surface area contributed by atoms with Gasteiger partial charge in [0.15, 0.2) is 5.78 Å². The van der Waals surface area contributed by atoms with E-state index in [9.17, 15) is 14.7 Å². The molecule has 3 rings (SSSR count). The van der Waals surface area contributed by atoms with Crippen molar-refractivity contribution in [3.63, 3.8) is 0 Å². The normalized spacial score (nSPS) is 16.9. The minimum atomic E-state index is -1.08. The van der Waals surface area contributed by atoms with Gasteiger partial charge in [0.2, 0.25) is 0 Å². The van der Waals surface area contributed by atoms with E-state index in [1.807, 2.05) is 18.2 Å². The SMILES string of the molecule is CC1(C)CCC(C)(C)c2cc(C(=O)c3ccccc3C(=O)O)ccc21.[NaH]. The summed E-state index contributed by atoms with van der Waals surface area (Å²) in [4.78, 5) is 24.4. The van der Waals surface area contributed by atoms with Crippen molar-refractivity contribution < 1.29 is 14.7 Å². The summed E-state index contributed by atoms with van der Waals surface area (Å²) in [7, 11) is 0. The number of carboxylic acids is 1. The zero-order chi connectivity index (χ0) is 18.4. The molecule has 0 fully saturated rings. The molecule has 0 atom stereocenters. The first-order valence-corrected chi connectivity index (χ1v) is 8.65. The molecule has 1 aliphatic rings. The number of carbonyl (C=O) groups is 2. The van der Waals surface area contributed by atoms with Crippen LogP contribution >= 0.6 is 0 Å². The van der Waals surface area contributed by atoms with Crippen molar-refractivity contribution in [2.75, 3.05) is 0 Å². The molecule has 0 saturated heterocycles. The van der Waals surface area contributed by atoms with Gasteiger partial charge in [-0.1, -0.05) is 58.0 Å². The number of hydrogen-bond acceptors (Lipinski definition) is 2. The van der Waals surface area contributed by atoms with E-state index in [-0.39, 0.29) is 57.3 Å². The summed E-state index contributed by atoms with van der Waals surface area (Å²) in [6, 6.07) is 12.2. The molecule has 1 N–H and O–H groups in total. The molecule has 0 aromatic heterocycles. The number of fused-ring (bicyclic) bond motifs is 1. The molecule has 0 aliphatic heterocycles. The predicted molar refractivity (Wildman–Crippen MR) is 106 cm³/mol. The fourth-order valence-electron chi connectivity index (χ4n) is 3.75. The van der Waals surface area contributed by atoms with Gasteiger partial charge < -0.3 is 5.11 Å². The number of ketones is 1. The third-order valence-electron chi connectivity index (χ3n) is 5.52. The van der Waals surface area contributed by atoms with Crippen LogP contribution < -0.4 is 0 Å². The molecule has 0 heterocycles. The van der Waals surface area contributed by atoms with E-state index < -0.39 is 5.97 Å². The summed E-state index contributed by atoms with van der Waals surface area (Å²) < 4.78 is 0. The molecule has 1 aliphatic carbocycles. The van der Waals surface area contributed by atoms with E-state index in [4.69, 9.17) is 0 Å². The van der Waals surface area contributed by atoms with E-state index in [0.29, 0.717) is 5.56 Å². The first kappa shape index (κ1) is 20.9. The molecular weight excluding hydrogens is 335 g/mol. The first-order chi connectivity index (χ1) is 11.6. The topological polar surface area (TPSA) is 54.4 Å². The number of aromatic carboxylic acids is 1. The molecule has 0 amide bonds. The van der Waals surface area contributed by atoms with E-state index in [0.717, 1.165) is 12.8 Å². The van der Waals surface area contributed by atoms with Gasteiger partial charge in [-0.05, 0) is 46.9 Å².